The van der Waals surface area contributed by atoms with Crippen molar-refractivity contribution >= 4 is 17.5 Å². The summed E-state index contributed by atoms with van der Waals surface area (Å²) < 4.78 is 0. The molecule has 0 saturated carbocycles. The van der Waals surface area contributed by atoms with E-state index in [1.807, 2.05) is 58.0 Å². The molecule has 19 heavy (non-hydrogen) atoms. The van der Waals surface area contributed by atoms with Crippen molar-refractivity contribution in [2.45, 2.75) is 46.2 Å². The van der Waals surface area contributed by atoms with Gasteiger partial charge >= 0.3 is 0 Å². The molecule has 0 aliphatic carbocycles. The highest BCUT2D eigenvalue weighted by Gasteiger charge is 2.21. The van der Waals surface area contributed by atoms with E-state index in [2.05, 4.69) is 5.32 Å². The normalized spacial score (nSPS) is 10.6. The van der Waals surface area contributed by atoms with Gasteiger partial charge in [0.25, 0.3) is 0 Å². The van der Waals surface area contributed by atoms with E-state index in [0.29, 0.717) is 0 Å². The van der Waals surface area contributed by atoms with Crippen LogP contribution in [-0.2, 0) is 9.59 Å². The average Bonchev–Trinajstić information content (AvgIpc) is 2.28. The number of rotatable bonds is 5. The van der Waals surface area contributed by atoms with E-state index in [1.54, 1.807) is 4.90 Å². The van der Waals surface area contributed by atoms with Crippen LogP contribution in [0.15, 0.2) is 30.3 Å². The van der Waals surface area contributed by atoms with Crippen molar-refractivity contribution < 1.29 is 9.59 Å². The molecule has 0 unspecified atom stereocenters. The fourth-order valence-electron chi connectivity index (χ4n) is 1.91. The molecule has 1 rings (SSSR count). The SMILES string of the molecule is CC(C)NC(=O)CC(=O)N(c1ccccc1)C(C)C. The molecule has 0 atom stereocenters. The number of hydrogen-bond acceptors (Lipinski definition) is 2. The van der Waals surface area contributed by atoms with Crippen LogP contribution in [0.25, 0.3) is 0 Å². The van der Waals surface area contributed by atoms with E-state index < -0.39 is 0 Å². The van der Waals surface area contributed by atoms with Gasteiger partial charge in [0.2, 0.25) is 11.8 Å². The maximum atomic E-state index is 12.2. The van der Waals surface area contributed by atoms with Crippen molar-refractivity contribution in [3.05, 3.63) is 30.3 Å². The fraction of sp³-hybridized carbons (Fsp3) is 0.467. The van der Waals surface area contributed by atoms with Crippen molar-refractivity contribution in [2.24, 2.45) is 0 Å². The molecule has 1 aromatic carbocycles. The van der Waals surface area contributed by atoms with Crippen molar-refractivity contribution in [3.8, 4) is 0 Å². The molecule has 0 aliphatic heterocycles. The van der Waals surface area contributed by atoms with Gasteiger partial charge < -0.3 is 10.2 Å². The lowest BCUT2D eigenvalue weighted by Crippen LogP contribution is -2.41. The first-order valence-electron chi connectivity index (χ1n) is 6.58. The highest BCUT2D eigenvalue weighted by atomic mass is 16.2. The Morgan fingerprint density at radius 3 is 2.16 bits per heavy atom. The number of nitrogens with zero attached hydrogens (tertiary/aromatic N) is 1. The molecule has 0 saturated heterocycles. The van der Waals surface area contributed by atoms with Crippen LogP contribution in [0.5, 0.6) is 0 Å². The predicted octanol–water partition coefficient (Wildman–Crippen LogP) is 2.34. The number of hydrogen-bond donors (Lipinski definition) is 1. The largest absolute Gasteiger partial charge is 0.353 e. The number of benzene rings is 1. The summed E-state index contributed by atoms with van der Waals surface area (Å²) in [6, 6.07) is 9.47. The van der Waals surface area contributed by atoms with Gasteiger partial charge in [-0.3, -0.25) is 9.59 Å². The van der Waals surface area contributed by atoms with Crippen LogP contribution in [-0.4, -0.2) is 23.9 Å². The number of nitrogens with one attached hydrogen (secondary N) is 1. The van der Waals surface area contributed by atoms with E-state index in [4.69, 9.17) is 0 Å². The van der Waals surface area contributed by atoms with E-state index in [9.17, 15) is 9.59 Å². The van der Waals surface area contributed by atoms with Crippen LogP contribution in [0.1, 0.15) is 34.1 Å². The maximum absolute atomic E-state index is 12.2. The van der Waals surface area contributed by atoms with Gasteiger partial charge in [0.1, 0.15) is 6.42 Å². The zero-order valence-electron chi connectivity index (χ0n) is 12.0. The van der Waals surface area contributed by atoms with Crippen molar-refractivity contribution in [3.63, 3.8) is 0 Å². The minimum Gasteiger partial charge on any atom is -0.353 e. The molecule has 2 amide bonds. The van der Waals surface area contributed by atoms with Crippen LogP contribution in [0.4, 0.5) is 5.69 Å². The van der Waals surface area contributed by atoms with Gasteiger partial charge in [-0.1, -0.05) is 18.2 Å². The third-order valence-electron chi connectivity index (χ3n) is 2.58. The molecule has 0 fully saturated rings. The first-order valence-corrected chi connectivity index (χ1v) is 6.58. The Morgan fingerprint density at radius 1 is 1.11 bits per heavy atom. The zero-order chi connectivity index (χ0) is 14.4. The van der Waals surface area contributed by atoms with E-state index >= 15 is 0 Å². The maximum Gasteiger partial charge on any atom is 0.236 e. The van der Waals surface area contributed by atoms with Crippen LogP contribution >= 0.6 is 0 Å². The van der Waals surface area contributed by atoms with Gasteiger partial charge in [-0.15, -0.1) is 0 Å². The molecule has 104 valence electrons. The van der Waals surface area contributed by atoms with Gasteiger partial charge in [0.15, 0.2) is 0 Å². The standard InChI is InChI=1S/C15H22N2O2/c1-11(2)16-14(18)10-15(19)17(12(3)4)13-8-6-5-7-9-13/h5-9,11-12H,10H2,1-4H3,(H,16,18). The minimum atomic E-state index is -0.235. The molecule has 0 heterocycles. The van der Waals surface area contributed by atoms with Crippen LogP contribution < -0.4 is 10.2 Å². The molecule has 1 aromatic rings. The van der Waals surface area contributed by atoms with E-state index in [0.717, 1.165) is 5.69 Å². The quantitative estimate of drug-likeness (QED) is 0.828. The molecule has 0 bridgehead atoms. The number of carbonyl (C=O) groups is 2. The number of anilines is 1. The predicted molar refractivity (Wildman–Crippen MR) is 77.0 cm³/mol. The molecule has 1 N–H and O–H groups in total. The molecule has 0 aliphatic rings. The zero-order valence-corrected chi connectivity index (χ0v) is 12.0. The second kappa shape index (κ2) is 6.92. The first-order chi connectivity index (χ1) is 8.91. The molecule has 0 aromatic heterocycles. The Hall–Kier alpha value is -1.84. The van der Waals surface area contributed by atoms with Gasteiger partial charge in [-0.2, -0.15) is 0 Å². The average molecular weight is 262 g/mol. The topological polar surface area (TPSA) is 49.4 Å². The highest BCUT2D eigenvalue weighted by Crippen LogP contribution is 2.17. The molecule has 4 heteroatoms. The highest BCUT2D eigenvalue weighted by molar-refractivity contribution is 6.05. The Kier molecular flexibility index (Phi) is 5.55. The van der Waals surface area contributed by atoms with Gasteiger partial charge in [0, 0.05) is 17.8 Å². The summed E-state index contributed by atoms with van der Waals surface area (Å²) in [4.78, 5) is 25.6. The summed E-state index contributed by atoms with van der Waals surface area (Å²) in [6.45, 7) is 7.62. The summed E-state index contributed by atoms with van der Waals surface area (Å²) in [6.07, 6.45) is -0.120. The number of carbonyl (C=O) groups excluding carboxylic acids is 2. The van der Waals surface area contributed by atoms with E-state index in [1.165, 1.54) is 0 Å². The Bertz CT molecular complexity index is 427. The monoisotopic (exact) mass is 262 g/mol. The number of para-hydroxylation sites is 1. The molecule has 0 radical (unpaired) electrons. The van der Waals surface area contributed by atoms with Crippen LogP contribution in [0, 0.1) is 0 Å². The second-order valence-electron chi connectivity index (χ2n) is 5.09. The molecule has 4 nitrogen and oxygen atoms in total. The lowest BCUT2D eigenvalue weighted by atomic mass is 10.2. The van der Waals surface area contributed by atoms with Crippen LogP contribution in [0.2, 0.25) is 0 Å². The third kappa shape index (κ3) is 4.73. The molecular formula is C15H22N2O2. The summed E-state index contributed by atoms with van der Waals surface area (Å²) in [5, 5.41) is 2.73. The molecule has 0 spiro atoms. The lowest BCUT2D eigenvalue weighted by Gasteiger charge is -2.26. The van der Waals surface area contributed by atoms with E-state index in [-0.39, 0.29) is 30.3 Å². The van der Waals surface area contributed by atoms with Gasteiger partial charge in [0.05, 0.1) is 0 Å². The lowest BCUT2D eigenvalue weighted by molar-refractivity contribution is -0.128. The summed E-state index contributed by atoms with van der Waals surface area (Å²) >= 11 is 0. The second-order valence-corrected chi connectivity index (χ2v) is 5.09. The smallest absolute Gasteiger partial charge is 0.236 e. The third-order valence-corrected chi connectivity index (χ3v) is 2.58. The van der Waals surface area contributed by atoms with Crippen molar-refractivity contribution in [1.29, 1.82) is 0 Å². The fourth-order valence-corrected chi connectivity index (χ4v) is 1.91. The minimum absolute atomic E-state index is 0.0155. The number of amides is 2. The van der Waals surface area contributed by atoms with Crippen LogP contribution in [0.3, 0.4) is 0 Å². The Balaban J connectivity index is 2.78. The van der Waals surface area contributed by atoms with Crippen molar-refractivity contribution in [1.82, 2.24) is 5.32 Å². The molecular weight excluding hydrogens is 240 g/mol. The Labute approximate surface area is 114 Å². The summed E-state index contributed by atoms with van der Waals surface area (Å²) in [5.74, 6) is -0.416. The Morgan fingerprint density at radius 2 is 1.68 bits per heavy atom. The van der Waals surface area contributed by atoms with Gasteiger partial charge in [-0.25, -0.2) is 0 Å². The van der Waals surface area contributed by atoms with Gasteiger partial charge in [-0.05, 0) is 39.8 Å². The summed E-state index contributed by atoms with van der Waals surface area (Å²) in [5.41, 5.74) is 0.819. The first kappa shape index (κ1) is 15.2. The van der Waals surface area contributed by atoms with Crippen molar-refractivity contribution in [2.75, 3.05) is 4.90 Å². The summed E-state index contributed by atoms with van der Waals surface area (Å²) in [7, 11) is 0.